The summed E-state index contributed by atoms with van der Waals surface area (Å²) in [5.74, 6) is 1.20. The van der Waals surface area contributed by atoms with Gasteiger partial charge in [0, 0.05) is 10.9 Å². The van der Waals surface area contributed by atoms with Gasteiger partial charge in [0.25, 0.3) is 0 Å². The van der Waals surface area contributed by atoms with Gasteiger partial charge in [-0.3, -0.25) is 0 Å². The summed E-state index contributed by atoms with van der Waals surface area (Å²) < 4.78 is 15.2. The van der Waals surface area contributed by atoms with Crippen LogP contribution >= 0.6 is 15.9 Å². The lowest BCUT2D eigenvalue weighted by Gasteiger charge is -2.08. The summed E-state index contributed by atoms with van der Waals surface area (Å²) >= 11 is 3.29. The van der Waals surface area contributed by atoms with Crippen molar-refractivity contribution in [1.82, 2.24) is 14.8 Å². The van der Waals surface area contributed by atoms with Gasteiger partial charge in [0.15, 0.2) is 0 Å². The van der Waals surface area contributed by atoms with Crippen LogP contribution in [0.25, 0.3) is 5.69 Å². The van der Waals surface area contributed by atoms with Crippen molar-refractivity contribution < 1.29 is 4.39 Å². The van der Waals surface area contributed by atoms with E-state index >= 15 is 0 Å². The van der Waals surface area contributed by atoms with Gasteiger partial charge in [-0.1, -0.05) is 22.0 Å². The molecule has 1 aromatic carbocycles. The Morgan fingerprint density at radius 3 is 2.69 bits per heavy atom. The first kappa shape index (κ1) is 11.3. The van der Waals surface area contributed by atoms with E-state index in [-0.39, 0.29) is 5.82 Å². The standard InChI is InChI=1S/C11H11BrFN3/c1-7-14-8(2)16(15-7)11-5-3-4-10(13)9(11)6-12/h3-5H,6H2,1-2H3. The number of nitrogens with zero attached hydrogens (tertiary/aromatic N) is 3. The molecule has 0 radical (unpaired) electrons. The Hall–Kier alpha value is -1.23. The highest BCUT2D eigenvalue weighted by molar-refractivity contribution is 9.08. The van der Waals surface area contributed by atoms with Crippen LogP contribution < -0.4 is 0 Å². The predicted octanol–water partition coefficient (Wildman–Crippen LogP) is 2.92. The van der Waals surface area contributed by atoms with Gasteiger partial charge in [0.05, 0.1) is 5.69 Å². The highest BCUT2D eigenvalue weighted by Crippen LogP contribution is 2.21. The first-order chi connectivity index (χ1) is 7.63. The summed E-state index contributed by atoms with van der Waals surface area (Å²) in [6.07, 6.45) is 0. The molecule has 0 unspecified atom stereocenters. The van der Waals surface area contributed by atoms with Crippen LogP contribution in [0.1, 0.15) is 17.2 Å². The molecule has 0 N–H and O–H groups in total. The average molecular weight is 284 g/mol. The fraction of sp³-hybridized carbons (Fsp3) is 0.273. The molecule has 3 nitrogen and oxygen atoms in total. The highest BCUT2D eigenvalue weighted by Gasteiger charge is 2.12. The molecule has 0 aliphatic rings. The largest absolute Gasteiger partial charge is 0.217 e. The van der Waals surface area contributed by atoms with E-state index in [4.69, 9.17) is 0 Å². The summed E-state index contributed by atoms with van der Waals surface area (Å²) in [5.41, 5.74) is 1.32. The minimum atomic E-state index is -0.234. The molecule has 0 saturated heterocycles. The van der Waals surface area contributed by atoms with Crippen LogP contribution in [0.3, 0.4) is 0 Å². The van der Waals surface area contributed by atoms with Crippen molar-refractivity contribution in [2.24, 2.45) is 0 Å². The van der Waals surface area contributed by atoms with E-state index in [0.29, 0.717) is 16.7 Å². The molecule has 0 saturated carbocycles. The lowest BCUT2D eigenvalue weighted by atomic mass is 10.2. The Bertz CT molecular complexity index is 522. The monoisotopic (exact) mass is 283 g/mol. The summed E-state index contributed by atoms with van der Waals surface area (Å²) in [6.45, 7) is 3.67. The van der Waals surface area contributed by atoms with Crippen molar-refractivity contribution in [3.8, 4) is 5.69 Å². The molecular weight excluding hydrogens is 273 g/mol. The molecule has 2 aromatic rings. The molecule has 84 valence electrons. The second kappa shape index (κ2) is 4.33. The molecule has 5 heteroatoms. The van der Waals surface area contributed by atoms with E-state index in [1.54, 1.807) is 10.7 Å². The SMILES string of the molecule is Cc1nc(C)n(-c2cccc(F)c2CBr)n1. The summed E-state index contributed by atoms with van der Waals surface area (Å²) in [5, 5.41) is 4.70. The van der Waals surface area contributed by atoms with Crippen LogP contribution in [-0.4, -0.2) is 14.8 Å². The molecule has 0 fully saturated rings. The van der Waals surface area contributed by atoms with Gasteiger partial charge in [-0.2, -0.15) is 5.10 Å². The number of rotatable bonds is 2. The molecule has 0 amide bonds. The minimum Gasteiger partial charge on any atom is -0.217 e. The smallest absolute Gasteiger partial charge is 0.148 e. The number of aryl methyl sites for hydroxylation is 2. The van der Waals surface area contributed by atoms with E-state index in [0.717, 1.165) is 11.5 Å². The van der Waals surface area contributed by atoms with Crippen LogP contribution in [0.5, 0.6) is 0 Å². The summed E-state index contributed by atoms with van der Waals surface area (Å²) in [4.78, 5) is 4.21. The van der Waals surface area contributed by atoms with Gasteiger partial charge in [-0.25, -0.2) is 14.1 Å². The average Bonchev–Trinajstić information content (AvgIpc) is 2.57. The number of hydrogen-bond donors (Lipinski definition) is 0. The topological polar surface area (TPSA) is 30.7 Å². The third-order valence-electron chi connectivity index (χ3n) is 2.33. The van der Waals surface area contributed by atoms with Gasteiger partial charge in [0.2, 0.25) is 0 Å². The quantitative estimate of drug-likeness (QED) is 0.794. The first-order valence-electron chi connectivity index (χ1n) is 4.87. The molecule has 0 aliphatic heterocycles. The Kier molecular flexibility index (Phi) is 3.05. The minimum absolute atomic E-state index is 0.234. The predicted molar refractivity (Wildman–Crippen MR) is 63.4 cm³/mol. The van der Waals surface area contributed by atoms with Gasteiger partial charge in [-0.05, 0) is 26.0 Å². The van der Waals surface area contributed by atoms with Gasteiger partial charge in [-0.15, -0.1) is 0 Å². The fourth-order valence-corrected chi connectivity index (χ4v) is 2.18. The first-order valence-corrected chi connectivity index (χ1v) is 5.99. The van der Waals surface area contributed by atoms with E-state index in [1.165, 1.54) is 6.07 Å². The molecule has 2 rings (SSSR count). The van der Waals surface area contributed by atoms with Crippen molar-refractivity contribution in [2.75, 3.05) is 0 Å². The van der Waals surface area contributed by atoms with Crippen molar-refractivity contribution >= 4 is 15.9 Å². The van der Waals surface area contributed by atoms with Crippen molar-refractivity contribution in [2.45, 2.75) is 19.2 Å². The Morgan fingerprint density at radius 2 is 2.12 bits per heavy atom. The third kappa shape index (κ3) is 1.87. The molecule has 0 bridgehead atoms. The fourth-order valence-electron chi connectivity index (χ4n) is 1.63. The lowest BCUT2D eigenvalue weighted by Crippen LogP contribution is -2.04. The number of halogens is 2. The Labute approximate surface area is 101 Å². The van der Waals surface area contributed by atoms with Crippen LogP contribution in [-0.2, 0) is 5.33 Å². The second-order valence-corrected chi connectivity index (χ2v) is 4.05. The zero-order chi connectivity index (χ0) is 11.7. The maximum Gasteiger partial charge on any atom is 0.148 e. The second-order valence-electron chi connectivity index (χ2n) is 3.49. The molecule has 1 heterocycles. The van der Waals surface area contributed by atoms with E-state index in [2.05, 4.69) is 26.0 Å². The normalized spacial score (nSPS) is 10.8. The van der Waals surface area contributed by atoms with Crippen LogP contribution in [0, 0.1) is 19.7 Å². The highest BCUT2D eigenvalue weighted by atomic mass is 79.9. The summed E-state index contributed by atoms with van der Waals surface area (Å²) in [7, 11) is 0. The molecular formula is C11H11BrFN3. The zero-order valence-electron chi connectivity index (χ0n) is 9.04. The molecule has 0 spiro atoms. The van der Waals surface area contributed by atoms with E-state index < -0.39 is 0 Å². The Morgan fingerprint density at radius 1 is 1.38 bits per heavy atom. The van der Waals surface area contributed by atoms with Gasteiger partial charge >= 0.3 is 0 Å². The van der Waals surface area contributed by atoms with Crippen molar-refractivity contribution in [3.05, 3.63) is 41.2 Å². The number of benzene rings is 1. The number of alkyl halides is 1. The van der Waals surface area contributed by atoms with Crippen LogP contribution in [0.15, 0.2) is 18.2 Å². The zero-order valence-corrected chi connectivity index (χ0v) is 10.6. The number of hydrogen-bond acceptors (Lipinski definition) is 2. The molecule has 0 atom stereocenters. The molecule has 1 aromatic heterocycles. The van der Waals surface area contributed by atoms with Crippen molar-refractivity contribution in [3.63, 3.8) is 0 Å². The van der Waals surface area contributed by atoms with Gasteiger partial charge in [0.1, 0.15) is 17.5 Å². The maximum atomic E-state index is 13.6. The summed E-state index contributed by atoms with van der Waals surface area (Å²) in [6, 6.07) is 4.95. The lowest BCUT2D eigenvalue weighted by molar-refractivity contribution is 0.614. The van der Waals surface area contributed by atoms with Crippen molar-refractivity contribution in [1.29, 1.82) is 0 Å². The third-order valence-corrected chi connectivity index (χ3v) is 2.89. The van der Waals surface area contributed by atoms with Crippen LogP contribution in [0.4, 0.5) is 4.39 Å². The molecule has 0 aliphatic carbocycles. The van der Waals surface area contributed by atoms with E-state index in [1.807, 2.05) is 19.9 Å². The molecule has 16 heavy (non-hydrogen) atoms. The number of aromatic nitrogens is 3. The van der Waals surface area contributed by atoms with E-state index in [9.17, 15) is 4.39 Å². The van der Waals surface area contributed by atoms with Gasteiger partial charge < -0.3 is 0 Å². The Balaban J connectivity index is 2.64. The van der Waals surface area contributed by atoms with Crippen LogP contribution in [0.2, 0.25) is 0 Å². The maximum absolute atomic E-state index is 13.6.